The smallest absolute Gasteiger partial charge is 0.308 e. The second kappa shape index (κ2) is 9.35. The molecule has 4 heteroatoms. The highest BCUT2D eigenvalue weighted by Crippen LogP contribution is 2.56. The van der Waals surface area contributed by atoms with E-state index in [4.69, 9.17) is 4.74 Å². The second-order valence-corrected chi connectivity index (χ2v) is 11.2. The number of carbonyl (C=O) groups is 1. The van der Waals surface area contributed by atoms with Crippen molar-refractivity contribution in [1.82, 2.24) is 0 Å². The molecule has 0 bridgehead atoms. The summed E-state index contributed by atoms with van der Waals surface area (Å²) in [6.45, 7) is 1.72. The minimum Gasteiger partial charge on any atom is -0.469 e. The van der Waals surface area contributed by atoms with Gasteiger partial charge in [0.25, 0.3) is 0 Å². The number of aliphatic hydroxyl groups is 1. The molecule has 29 heavy (non-hydrogen) atoms. The fourth-order valence-corrected chi connectivity index (χ4v) is 8.29. The average molecular weight is 407 g/mol. The van der Waals surface area contributed by atoms with Gasteiger partial charge in [0.15, 0.2) is 0 Å². The van der Waals surface area contributed by atoms with E-state index in [-0.39, 0.29) is 6.42 Å². The molecular formula is C25H28O3P+. The van der Waals surface area contributed by atoms with Crippen LogP contribution in [0.5, 0.6) is 0 Å². The van der Waals surface area contributed by atoms with Crippen LogP contribution in [-0.2, 0) is 9.53 Å². The molecule has 0 spiro atoms. The highest BCUT2D eigenvalue weighted by atomic mass is 31.2. The standard InChI is InChI=1S/C25H28O3P/c1-25(27,20-24(26)28-2)18-19-29(21-12-6-3-7-13-21,22-14-8-4-9-15-22)23-16-10-5-11-17-23/h3-17,27H,18-20H2,1-2H3/q+1. The lowest BCUT2D eigenvalue weighted by molar-refractivity contribution is -0.145. The molecule has 0 aliphatic heterocycles. The van der Waals surface area contributed by atoms with Crippen LogP contribution in [0.25, 0.3) is 0 Å². The van der Waals surface area contributed by atoms with Gasteiger partial charge < -0.3 is 9.84 Å². The molecule has 3 rings (SSSR count). The van der Waals surface area contributed by atoms with Crippen molar-refractivity contribution in [3.05, 3.63) is 91.0 Å². The van der Waals surface area contributed by atoms with E-state index in [9.17, 15) is 9.90 Å². The van der Waals surface area contributed by atoms with Crippen molar-refractivity contribution in [2.24, 2.45) is 0 Å². The van der Waals surface area contributed by atoms with Crippen molar-refractivity contribution in [3.63, 3.8) is 0 Å². The minimum absolute atomic E-state index is 0.0120. The molecule has 1 N–H and O–H groups in total. The summed E-state index contributed by atoms with van der Waals surface area (Å²) in [6.07, 6.45) is 1.24. The zero-order valence-electron chi connectivity index (χ0n) is 17.0. The lowest BCUT2D eigenvalue weighted by Gasteiger charge is -2.31. The van der Waals surface area contributed by atoms with E-state index in [0.29, 0.717) is 6.42 Å². The highest BCUT2D eigenvalue weighted by Gasteiger charge is 2.46. The first-order valence-electron chi connectivity index (χ1n) is 9.82. The van der Waals surface area contributed by atoms with E-state index in [1.165, 1.54) is 23.0 Å². The number of benzene rings is 3. The van der Waals surface area contributed by atoms with Crippen LogP contribution in [0, 0.1) is 0 Å². The Kier molecular flexibility index (Phi) is 6.84. The lowest BCUT2D eigenvalue weighted by Crippen LogP contribution is -2.37. The molecule has 0 fully saturated rings. The summed E-state index contributed by atoms with van der Waals surface area (Å²) in [5.41, 5.74) is -1.13. The molecule has 0 aromatic heterocycles. The summed E-state index contributed by atoms with van der Waals surface area (Å²) in [4.78, 5) is 11.8. The van der Waals surface area contributed by atoms with Gasteiger partial charge in [0.1, 0.15) is 23.2 Å². The molecule has 0 amide bonds. The van der Waals surface area contributed by atoms with Gasteiger partial charge in [0.2, 0.25) is 0 Å². The summed E-state index contributed by atoms with van der Waals surface area (Å²) < 4.78 is 4.78. The Balaban J connectivity index is 2.11. The zero-order valence-corrected chi connectivity index (χ0v) is 17.9. The highest BCUT2D eigenvalue weighted by molar-refractivity contribution is 7.95. The molecule has 150 valence electrons. The summed E-state index contributed by atoms with van der Waals surface area (Å²) in [7, 11) is -0.659. The third-order valence-corrected chi connectivity index (χ3v) is 9.76. The van der Waals surface area contributed by atoms with E-state index in [0.717, 1.165) is 6.16 Å². The lowest BCUT2D eigenvalue weighted by atomic mass is 10.00. The Morgan fingerprint density at radius 3 is 1.55 bits per heavy atom. The van der Waals surface area contributed by atoms with Gasteiger partial charge in [-0.25, -0.2) is 0 Å². The van der Waals surface area contributed by atoms with Gasteiger partial charge in [-0.3, -0.25) is 4.79 Å². The van der Waals surface area contributed by atoms with Crippen LogP contribution in [0.2, 0.25) is 0 Å². The molecule has 0 heterocycles. The second-order valence-electron chi connectivity index (χ2n) is 7.54. The van der Waals surface area contributed by atoms with E-state index >= 15 is 0 Å². The maximum Gasteiger partial charge on any atom is 0.308 e. The Labute approximate surface area is 173 Å². The number of rotatable bonds is 8. The monoisotopic (exact) mass is 407 g/mol. The van der Waals surface area contributed by atoms with Crippen molar-refractivity contribution < 1.29 is 14.6 Å². The molecule has 3 aromatic rings. The molecule has 3 aromatic carbocycles. The maximum atomic E-state index is 11.8. The molecule has 0 radical (unpaired) electrons. The van der Waals surface area contributed by atoms with Crippen molar-refractivity contribution in [1.29, 1.82) is 0 Å². The van der Waals surface area contributed by atoms with E-state index in [2.05, 4.69) is 72.8 Å². The minimum atomic E-state index is -2.01. The Bertz CT molecular complexity index is 812. The molecular weight excluding hydrogens is 379 g/mol. The van der Waals surface area contributed by atoms with Crippen LogP contribution < -0.4 is 15.9 Å². The topological polar surface area (TPSA) is 46.5 Å². The number of ether oxygens (including phenoxy) is 1. The largest absolute Gasteiger partial charge is 0.469 e. The molecule has 1 unspecified atom stereocenters. The molecule has 0 aliphatic carbocycles. The van der Waals surface area contributed by atoms with Gasteiger partial charge in [0.05, 0.1) is 25.3 Å². The number of esters is 1. The number of methoxy groups -OCH3 is 1. The van der Waals surface area contributed by atoms with E-state index in [1.807, 2.05) is 18.2 Å². The van der Waals surface area contributed by atoms with Crippen molar-refractivity contribution in [2.75, 3.05) is 13.3 Å². The predicted octanol–water partition coefficient (Wildman–Crippen LogP) is 3.68. The first-order valence-corrected chi connectivity index (χ1v) is 11.8. The van der Waals surface area contributed by atoms with Gasteiger partial charge in [-0.1, -0.05) is 54.6 Å². The summed E-state index contributed by atoms with van der Waals surface area (Å²) in [5.74, 6) is -0.391. The quantitative estimate of drug-likeness (QED) is 0.458. The zero-order chi connectivity index (χ0) is 20.7. The molecule has 0 aliphatic rings. The summed E-state index contributed by atoms with van der Waals surface area (Å²) in [6, 6.07) is 31.6. The van der Waals surface area contributed by atoms with Gasteiger partial charge in [-0.2, -0.15) is 0 Å². The first kappa shape index (κ1) is 21.2. The third kappa shape index (κ3) is 4.93. The molecule has 0 saturated heterocycles. The van der Waals surface area contributed by atoms with Gasteiger partial charge in [0, 0.05) is 6.42 Å². The third-order valence-electron chi connectivity index (χ3n) is 5.33. The normalized spacial score (nSPS) is 13.5. The van der Waals surface area contributed by atoms with Gasteiger partial charge >= 0.3 is 5.97 Å². The summed E-state index contributed by atoms with van der Waals surface area (Å²) in [5, 5.41) is 14.7. The van der Waals surface area contributed by atoms with E-state index < -0.39 is 18.8 Å². The maximum absolute atomic E-state index is 11.8. The number of hydrogen-bond donors (Lipinski definition) is 1. The van der Waals surface area contributed by atoms with Crippen LogP contribution in [0.4, 0.5) is 0 Å². The molecule has 0 saturated carbocycles. The van der Waals surface area contributed by atoms with Gasteiger partial charge in [-0.05, 0) is 43.3 Å². The van der Waals surface area contributed by atoms with Crippen molar-refractivity contribution >= 4 is 29.1 Å². The molecule has 3 nitrogen and oxygen atoms in total. The predicted molar refractivity (Wildman–Crippen MR) is 122 cm³/mol. The van der Waals surface area contributed by atoms with Crippen LogP contribution in [0.1, 0.15) is 19.8 Å². The Hall–Kier alpha value is -2.48. The Morgan fingerprint density at radius 1 is 0.828 bits per heavy atom. The van der Waals surface area contributed by atoms with E-state index in [1.54, 1.807) is 6.92 Å². The van der Waals surface area contributed by atoms with Crippen LogP contribution in [0.3, 0.4) is 0 Å². The number of carbonyl (C=O) groups excluding carboxylic acids is 1. The van der Waals surface area contributed by atoms with Crippen LogP contribution in [0.15, 0.2) is 91.0 Å². The first-order chi connectivity index (χ1) is 14.0. The fourth-order valence-electron chi connectivity index (χ4n) is 3.76. The number of hydrogen-bond acceptors (Lipinski definition) is 3. The fraction of sp³-hybridized carbons (Fsp3) is 0.240. The van der Waals surface area contributed by atoms with Crippen molar-refractivity contribution in [3.8, 4) is 0 Å². The SMILES string of the molecule is COC(=O)CC(C)(O)CC[P+](c1ccccc1)(c1ccccc1)c1ccccc1. The van der Waals surface area contributed by atoms with Crippen LogP contribution >= 0.6 is 7.26 Å². The summed E-state index contributed by atoms with van der Waals surface area (Å²) >= 11 is 0. The van der Waals surface area contributed by atoms with Crippen molar-refractivity contribution in [2.45, 2.75) is 25.4 Å². The van der Waals surface area contributed by atoms with Crippen LogP contribution in [-0.4, -0.2) is 29.9 Å². The molecule has 1 atom stereocenters. The average Bonchev–Trinajstić information content (AvgIpc) is 2.76. The van der Waals surface area contributed by atoms with Gasteiger partial charge in [-0.15, -0.1) is 0 Å². The Morgan fingerprint density at radius 2 is 1.21 bits per heavy atom.